The Labute approximate surface area is 177 Å². The molecule has 0 aliphatic carbocycles. The van der Waals surface area contributed by atoms with Gasteiger partial charge < -0.3 is 9.80 Å². The first kappa shape index (κ1) is 20.5. The molecular weight excluding hydrogens is 414 g/mol. The van der Waals surface area contributed by atoms with Crippen LogP contribution in [0.2, 0.25) is 4.34 Å². The van der Waals surface area contributed by atoms with Gasteiger partial charge in [-0.05, 0) is 36.8 Å². The summed E-state index contributed by atoms with van der Waals surface area (Å²) in [6.07, 6.45) is 0. The quantitative estimate of drug-likeness (QED) is 0.556. The standard InChI is InChI=1S/C20H20ClN3O2S2/c1-4-24(11-13-5-7-14(8-6-13)19(25)23(2)3)20(26)15-12-27-18(22-15)16-9-10-17(21)28-16/h5-10,12H,4,11H2,1-3H3. The van der Waals surface area contributed by atoms with Gasteiger partial charge in [-0.3, -0.25) is 9.59 Å². The predicted molar refractivity (Wildman–Crippen MR) is 115 cm³/mol. The highest BCUT2D eigenvalue weighted by Crippen LogP contribution is 2.33. The first-order chi connectivity index (χ1) is 13.4. The molecule has 3 rings (SSSR count). The van der Waals surface area contributed by atoms with Crippen LogP contribution in [0.3, 0.4) is 0 Å². The molecule has 1 aromatic carbocycles. The number of thiazole rings is 1. The van der Waals surface area contributed by atoms with E-state index in [0.717, 1.165) is 15.4 Å². The predicted octanol–water partition coefficient (Wildman–Crippen LogP) is 4.89. The van der Waals surface area contributed by atoms with E-state index < -0.39 is 0 Å². The van der Waals surface area contributed by atoms with E-state index in [9.17, 15) is 9.59 Å². The molecule has 0 radical (unpaired) electrons. The number of hydrogen-bond acceptors (Lipinski definition) is 5. The van der Waals surface area contributed by atoms with Crippen LogP contribution < -0.4 is 0 Å². The summed E-state index contributed by atoms with van der Waals surface area (Å²) in [5, 5.41) is 2.58. The van der Waals surface area contributed by atoms with Gasteiger partial charge in [0, 0.05) is 38.1 Å². The van der Waals surface area contributed by atoms with E-state index in [1.807, 2.05) is 31.2 Å². The second-order valence-electron chi connectivity index (χ2n) is 6.36. The van der Waals surface area contributed by atoms with Crippen molar-refractivity contribution in [3.8, 4) is 9.88 Å². The van der Waals surface area contributed by atoms with Crippen molar-refractivity contribution in [2.24, 2.45) is 0 Å². The number of hydrogen-bond donors (Lipinski definition) is 0. The third-order valence-corrected chi connectivity index (χ3v) is 6.40. The largest absolute Gasteiger partial charge is 0.345 e. The Balaban J connectivity index is 1.72. The zero-order chi connectivity index (χ0) is 20.3. The molecule has 3 aromatic rings. The molecule has 0 bridgehead atoms. The lowest BCUT2D eigenvalue weighted by Gasteiger charge is -2.20. The molecule has 0 aliphatic rings. The summed E-state index contributed by atoms with van der Waals surface area (Å²) in [6.45, 7) is 2.96. The van der Waals surface area contributed by atoms with E-state index >= 15 is 0 Å². The second-order valence-corrected chi connectivity index (χ2v) is 8.93. The minimum Gasteiger partial charge on any atom is -0.345 e. The van der Waals surface area contributed by atoms with Crippen molar-refractivity contribution < 1.29 is 9.59 Å². The molecule has 0 fully saturated rings. The zero-order valence-electron chi connectivity index (χ0n) is 15.8. The number of thiophene rings is 1. The zero-order valence-corrected chi connectivity index (χ0v) is 18.2. The van der Waals surface area contributed by atoms with Gasteiger partial charge in [0.05, 0.1) is 9.21 Å². The maximum atomic E-state index is 12.9. The number of carbonyl (C=O) groups is 2. The number of aromatic nitrogens is 1. The van der Waals surface area contributed by atoms with Crippen LogP contribution in [0.4, 0.5) is 0 Å². The van der Waals surface area contributed by atoms with Crippen molar-refractivity contribution in [2.45, 2.75) is 13.5 Å². The lowest BCUT2D eigenvalue weighted by Crippen LogP contribution is -2.30. The van der Waals surface area contributed by atoms with Crippen LogP contribution in [0.25, 0.3) is 9.88 Å². The topological polar surface area (TPSA) is 53.5 Å². The molecule has 0 saturated heterocycles. The number of benzene rings is 1. The monoisotopic (exact) mass is 433 g/mol. The van der Waals surface area contributed by atoms with Gasteiger partial charge in [0.1, 0.15) is 10.7 Å². The van der Waals surface area contributed by atoms with Gasteiger partial charge in [0.2, 0.25) is 0 Å². The molecule has 2 amide bonds. The van der Waals surface area contributed by atoms with E-state index in [-0.39, 0.29) is 11.8 Å². The van der Waals surface area contributed by atoms with Crippen LogP contribution in [-0.4, -0.2) is 47.2 Å². The fraction of sp³-hybridized carbons (Fsp3) is 0.250. The molecule has 0 atom stereocenters. The highest BCUT2D eigenvalue weighted by Gasteiger charge is 2.19. The average molecular weight is 434 g/mol. The lowest BCUT2D eigenvalue weighted by atomic mass is 10.1. The molecule has 2 heterocycles. The third-order valence-electron chi connectivity index (χ3n) is 4.16. The molecule has 0 unspecified atom stereocenters. The maximum absolute atomic E-state index is 12.9. The molecule has 0 N–H and O–H groups in total. The summed E-state index contributed by atoms with van der Waals surface area (Å²) in [6, 6.07) is 11.1. The van der Waals surface area contributed by atoms with Crippen LogP contribution in [0.1, 0.15) is 33.3 Å². The highest BCUT2D eigenvalue weighted by atomic mass is 35.5. The smallest absolute Gasteiger partial charge is 0.273 e. The molecule has 28 heavy (non-hydrogen) atoms. The number of halogens is 1. The van der Waals surface area contributed by atoms with Crippen LogP contribution in [-0.2, 0) is 6.54 Å². The molecule has 0 aliphatic heterocycles. The lowest BCUT2D eigenvalue weighted by molar-refractivity contribution is 0.0746. The Morgan fingerprint density at radius 3 is 2.36 bits per heavy atom. The van der Waals surface area contributed by atoms with E-state index in [0.29, 0.717) is 28.7 Å². The molecule has 5 nitrogen and oxygen atoms in total. The number of carbonyl (C=O) groups excluding carboxylic acids is 2. The molecule has 8 heteroatoms. The Hall–Kier alpha value is -2.22. The van der Waals surface area contributed by atoms with Crippen LogP contribution in [0.5, 0.6) is 0 Å². The van der Waals surface area contributed by atoms with Crippen LogP contribution in [0, 0.1) is 0 Å². The molecular formula is C20H20ClN3O2S2. The summed E-state index contributed by atoms with van der Waals surface area (Å²) in [4.78, 5) is 33.6. The SMILES string of the molecule is CCN(Cc1ccc(C(=O)N(C)C)cc1)C(=O)c1csc(-c2ccc(Cl)s2)n1. The van der Waals surface area contributed by atoms with E-state index in [4.69, 9.17) is 11.6 Å². The summed E-state index contributed by atoms with van der Waals surface area (Å²) in [5.41, 5.74) is 2.03. The molecule has 0 spiro atoms. The maximum Gasteiger partial charge on any atom is 0.273 e. The van der Waals surface area contributed by atoms with Crippen molar-refractivity contribution in [3.63, 3.8) is 0 Å². The highest BCUT2D eigenvalue weighted by molar-refractivity contribution is 7.23. The molecule has 0 saturated carbocycles. The summed E-state index contributed by atoms with van der Waals surface area (Å²) >= 11 is 8.87. The van der Waals surface area contributed by atoms with E-state index in [1.165, 1.54) is 27.6 Å². The first-order valence-corrected chi connectivity index (χ1v) is 10.8. The van der Waals surface area contributed by atoms with E-state index in [2.05, 4.69) is 4.98 Å². The number of nitrogens with zero attached hydrogens (tertiary/aromatic N) is 3. The summed E-state index contributed by atoms with van der Waals surface area (Å²) < 4.78 is 0.699. The van der Waals surface area contributed by atoms with Gasteiger partial charge in [-0.25, -0.2) is 4.98 Å². The van der Waals surface area contributed by atoms with Crippen LogP contribution in [0.15, 0.2) is 41.8 Å². The minimum atomic E-state index is -0.110. The Bertz CT molecular complexity index is 980. The Morgan fingerprint density at radius 1 is 1.07 bits per heavy atom. The van der Waals surface area contributed by atoms with Gasteiger partial charge in [0.25, 0.3) is 11.8 Å². The normalized spacial score (nSPS) is 10.7. The molecule has 2 aromatic heterocycles. The molecule has 146 valence electrons. The van der Waals surface area contributed by atoms with Gasteiger partial charge >= 0.3 is 0 Å². The van der Waals surface area contributed by atoms with Gasteiger partial charge in [-0.1, -0.05) is 23.7 Å². The Kier molecular flexibility index (Phi) is 6.49. The second kappa shape index (κ2) is 8.86. The van der Waals surface area contributed by atoms with Crippen molar-refractivity contribution in [1.29, 1.82) is 0 Å². The first-order valence-electron chi connectivity index (χ1n) is 8.70. The average Bonchev–Trinajstić information content (AvgIpc) is 3.34. The van der Waals surface area contributed by atoms with Gasteiger partial charge in [-0.15, -0.1) is 22.7 Å². The number of rotatable bonds is 6. The van der Waals surface area contributed by atoms with Gasteiger partial charge in [0.15, 0.2) is 0 Å². The fourth-order valence-electron chi connectivity index (χ4n) is 2.63. The van der Waals surface area contributed by atoms with E-state index in [1.54, 1.807) is 36.5 Å². The fourth-order valence-corrected chi connectivity index (χ4v) is 4.54. The van der Waals surface area contributed by atoms with Crippen molar-refractivity contribution in [2.75, 3.05) is 20.6 Å². The summed E-state index contributed by atoms with van der Waals surface area (Å²) in [5.74, 6) is -0.153. The van der Waals surface area contributed by atoms with Crippen molar-refractivity contribution in [3.05, 3.63) is 62.9 Å². The van der Waals surface area contributed by atoms with Crippen molar-refractivity contribution >= 4 is 46.1 Å². The third kappa shape index (κ3) is 4.60. The minimum absolute atomic E-state index is 0.0429. The summed E-state index contributed by atoms with van der Waals surface area (Å²) in [7, 11) is 3.44. The van der Waals surface area contributed by atoms with Gasteiger partial charge in [-0.2, -0.15) is 0 Å². The number of amides is 2. The van der Waals surface area contributed by atoms with Crippen molar-refractivity contribution in [1.82, 2.24) is 14.8 Å². The van der Waals surface area contributed by atoms with Crippen LogP contribution >= 0.6 is 34.3 Å². The Morgan fingerprint density at radius 2 is 1.79 bits per heavy atom.